The maximum absolute atomic E-state index is 5.69. The van der Waals surface area contributed by atoms with Crippen LogP contribution in [0.3, 0.4) is 0 Å². The number of hydrogen-bond acceptors (Lipinski definition) is 3. The molecule has 17 heavy (non-hydrogen) atoms. The van der Waals surface area contributed by atoms with Crippen molar-refractivity contribution in [2.75, 3.05) is 13.2 Å². The van der Waals surface area contributed by atoms with Crippen LogP contribution >= 0.6 is 27.3 Å². The minimum absolute atomic E-state index is 0.471. The summed E-state index contributed by atoms with van der Waals surface area (Å²) in [5.74, 6) is 0. The number of nitrogens with one attached hydrogen (secondary N) is 1. The van der Waals surface area contributed by atoms with E-state index in [1.165, 1.54) is 28.6 Å². The molecule has 1 aliphatic rings. The Hall–Kier alpha value is 0.100. The minimum atomic E-state index is 0.471. The van der Waals surface area contributed by atoms with Crippen LogP contribution in [0.25, 0.3) is 0 Å². The third-order valence-corrected chi connectivity index (χ3v) is 5.20. The Morgan fingerprint density at radius 1 is 1.65 bits per heavy atom. The van der Waals surface area contributed by atoms with Gasteiger partial charge in [0.25, 0.3) is 0 Å². The average molecular weight is 318 g/mol. The van der Waals surface area contributed by atoms with Crippen molar-refractivity contribution in [3.8, 4) is 0 Å². The number of halogens is 1. The van der Waals surface area contributed by atoms with Gasteiger partial charge in [-0.15, -0.1) is 11.3 Å². The van der Waals surface area contributed by atoms with E-state index in [9.17, 15) is 0 Å². The van der Waals surface area contributed by atoms with E-state index in [4.69, 9.17) is 4.74 Å². The van der Waals surface area contributed by atoms with Crippen molar-refractivity contribution in [3.05, 3.63) is 20.8 Å². The molecule has 2 atom stereocenters. The Kier molecular flexibility index (Phi) is 5.48. The molecule has 0 bridgehead atoms. The highest BCUT2D eigenvalue weighted by molar-refractivity contribution is 9.10. The normalized spacial score (nSPS) is 21.9. The zero-order valence-corrected chi connectivity index (χ0v) is 12.6. The summed E-state index contributed by atoms with van der Waals surface area (Å²) in [5.41, 5.74) is 0. The van der Waals surface area contributed by atoms with Gasteiger partial charge in [-0.1, -0.05) is 6.92 Å². The van der Waals surface area contributed by atoms with Crippen LogP contribution in [-0.4, -0.2) is 19.3 Å². The van der Waals surface area contributed by atoms with Crippen LogP contribution in [0.2, 0.25) is 0 Å². The van der Waals surface area contributed by atoms with Gasteiger partial charge in [0, 0.05) is 22.0 Å². The van der Waals surface area contributed by atoms with E-state index < -0.39 is 0 Å². The van der Waals surface area contributed by atoms with Crippen LogP contribution in [0, 0.1) is 0 Å². The van der Waals surface area contributed by atoms with Crippen LogP contribution < -0.4 is 5.32 Å². The Balaban J connectivity index is 1.90. The highest BCUT2D eigenvalue weighted by atomic mass is 79.9. The number of hydrogen-bond donors (Lipinski definition) is 1. The molecular weight excluding hydrogens is 298 g/mol. The maximum atomic E-state index is 5.69. The number of rotatable bonds is 6. The fraction of sp³-hybridized carbons (Fsp3) is 0.692. The Morgan fingerprint density at radius 2 is 2.53 bits per heavy atom. The Morgan fingerprint density at radius 3 is 3.12 bits per heavy atom. The molecule has 0 saturated carbocycles. The standard InChI is InChI=1S/C13H20BrNOS/c1-2-15-12(13-11(14)7-9-17-13)6-5-10-4-3-8-16-10/h7,9-10,12,15H,2-6,8H2,1H3. The van der Waals surface area contributed by atoms with Gasteiger partial charge in [-0.05, 0) is 59.6 Å². The molecule has 1 N–H and O–H groups in total. The van der Waals surface area contributed by atoms with Gasteiger partial charge in [-0.3, -0.25) is 0 Å². The molecule has 4 heteroatoms. The number of ether oxygens (including phenoxy) is 1. The van der Waals surface area contributed by atoms with Crippen molar-refractivity contribution < 1.29 is 4.74 Å². The van der Waals surface area contributed by atoms with Crippen molar-refractivity contribution >= 4 is 27.3 Å². The molecule has 1 aliphatic heterocycles. The molecule has 2 heterocycles. The van der Waals surface area contributed by atoms with Gasteiger partial charge < -0.3 is 10.1 Å². The highest BCUT2D eigenvalue weighted by Gasteiger charge is 2.20. The molecule has 0 spiro atoms. The average Bonchev–Trinajstić information content (AvgIpc) is 2.95. The topological polar surface area (TPSA) is 21.3 Å². The van der Waals surface area contributed by atoms with Crippen molar-refractivity contribution in [2.24, 2.45) is 0 Å². The van der Waals surface area contributed by atoms with E-state index >= 15 is 0 Å². The van der Waals surface area contributed by atoms with Crippen molar-refractivity contribution in [3.63, 3.8) is 0 Å². The lowest BCUT2D eigenvalue weighted by Crippen LogP contribution is -2.22. The third kappa shape index (κ3) is 3.78. The number of thiophene rings is 1. The predicted octanol–water partition coefficient (Wildman–Crippen LogP) is 4.12. The van der Waals surface area contributed by atoms with Crippen LogP contribution in [0.1, 0.15) is 43.5 Å². The summed E-state index contributed by atoms with van der Waals surface area (Å²) in [6, 6.07) is 2.61. The second-order valence-corrected chi connectivity index (χ2v) is 6.26. The molecule has 1 saturated heterocycles. The lowest BCUT2D eigenvalue weighted by atomic mass is 10.0. The van der Waals surface area contributed by atoms with Gasteiger partial charge in [0.1, 0.15) is 0 Å². The first-order valence-corrected chi connectivity index (χ1v) is 8.06. The molecule has 1 fully saturated rings. The van der Waals surface area contributed by atoms with Gasteiger partial charge in [0.05, 0.1) is 6.10 Å². The van der Waals surface area contributed by atoms with Gasteiger partial charge in [-0.25, -0.2) is 0 Å². The first-order valence-electron chi connectivity index (χ1n) is 6.39. The van der Waals surface area contributed by atoms with Gasteiger partial charge >= 0.3 is 0 Å². The fourth-order valence-corrected chi connectivity index (χ4v) is 4.11. The Bertz CT molecular complexity index is 336. The molecule has 2 unspecified atom stereocenters. The van der Waals surface area contributed by atoms with E-state index in [2.05, 4.69) is 39.6 Å². The second-order valence-electron chi connectivity index (χ2n) is 4.46. The van der Waals surface area contributed by atoms with E-state index in [-0.39, 0.29) is 0 Å². The summed E-state index contributed by atoms with van der Waals surface area (Å²) in [4.78, 5) is 1.42. The zero-order valence-electron chi connectivity index (χ0n) is 10.2. The quantitative estimate of drug-likeness (QED) is 0.852. The third-order valence-electron chi connectivity index (χ3n) is 3.21. The van der Waals surface area contributed by atoms with E-state index in [0.29, 0.717) is 12.1 Å². The molecule has 0 amide bonds. The van der Waals surface area contributed by atoms with Crippen molar-refractivity contribution in [2.45, 2.75) is 44.8 Å². The SMILES string of the molecule is CCNC(CCC1CCCO1)c1sccc1Br. The molecule has 2 nitrogen and oxygen atoms in total. The summed E-state index contributed by atoms with van der Waals surface area (Å²) in [6.07, 6.45) is 5.30. The van der Waals surface area contributed by atoms with Crippen LogP contribution in [0.4, 0.5) is 0 Å². The minimum Gasteiger partial charge on any atom is -0.378 e. The fourth-order valence-electron chi connectivity index (χ4n) is 2.35. The predicted molar refractivity (Wildman–Crippen MR) is 76.6 cm³/mol. The summed E-state index contributed by atoms with van der Waals surface area (Å²) in [6.45, 7) is 4.14. The molecular formula is C13H20BrNOS. The van der Waals surface area contributed by atoms with Crippen LogP contribution in [-0.2, 0) is 4.74 Å². The van der Waals surface area contributed by atoms with Crippen molar-refractivity contribution in [1.82, 2.24) is 5.32 Å². The lowest BCUT2D eigenvalue weighted by Gasteiger charge is -2.19. The molecule has 1 aromatic heterocycles. The highest BCUT2D eigenvalue weighted by Crippen LogP contribution is 2.32. The van der Waals surface area contributed by atoms with E-state index in [1.54, 1.807) is 0 Å². The Labute approximate surface area is 116 Å². The monoisotopic (exact) mass is 317 g/mol. The molecule has 96 valence electrons. The lowest BCUT2D eigenvalue weighted by molar-refractivity contribution is 0.0997. The van der Waals surface area contributed by atoms with Crippen LogP contribution in [0.5, 0.6) is 0 Å². The first-order chi connectivity index (χ1) is 8.31. The van der Waals surface area contributed by atoms with E-state index in [0.717, 1.165) is 19.6 Å². The van der Waals surface area contributed by atoms with Gasteiger partial charge in [0.15, 0.2) is 0 Å². The zero-order chi connectivity index (χ0) is 12.1. The van der Waals surface area contributed by atoms with Crippen LogP contribution in [0.15, 0.2) is 15.9 Å². The molecule has 1 aromatic rings. The summed E-state index contributed by atoms with van der Waals surface area (Å²) < 4.78 is 6.93. The smallest absolute Gasteiger partial charge is 0.0576 e. The summed E-state index contributed by atoms with van der Waals surface area (Å²) in [7, 11) is 0. The largest absolute Gasteiger partial charge is 0.378 e. The first kappa shape index (κ1) is 13.5. The summed E-state index contributed by atoms with van der Waals surface area (Å²) in [5, 5.41) is 5.72. The van der Waals surface area contributed by atoms with Gasteiger partial charge in [0.2, 0.25) is 0 Å². The second kappa shape index (κ2) is 6.88. The van der Waals surface area contributed by atoms with E-state index in [1.807, 2.05) is 11.3 Å². The molecule has 0 aliphatic carbocycles. The van der Waals surface area contributed by atoms with Gasteiger partial charge in [-0.2, -0.15) is 0 Å². The molecule has 0 aromatic carbocycles. The molecule has 2 rings (SSSR count). The maximum Gasteiger partial charge on any atom is 0.0576 e. The molecule has 0 radical (unpaired) electrons. The summed E-state index contributed by atoms with van der Waals surface area (Å²) >= 11 is 5.46. The van der Waals surface area contributed by atoms with Crippen molar-refractivity contribution in [1.29, 1.82) is 0 Å².